The van der Waals surface area contributed by atoms with Gasteiger partial charge in [-0.1, -0.05) is 154 Å². The van der Waals surface area contributed by atoms with Crippen LogP contribution in [0, 0.1) is 0 Å². The smallest absolute Gasteiger partial charge is 0.330 e. The Morgan fingerprint density at radius 2 is 1.04 bits per heavy atom. The Morgan fingerprint density at radius 1 is 0.714 bits per heavy atom. The molecule has 5 heteroatoms. The molecule has 0 rings (SSSR count). The highest BCUT2D eigenvalue weighted by atomic mass is 127. The van der Waals surface area contributed by atoms with Gasteiger partial charge in [-0.05, 0) is 12.8 Å². The van der Waals surface area contributed by atoms with E-state index in [1.807, 2.05) is 0 Å². The summed E-state index contributed by atoms with van der Waals surface area (Å²) in [4.78, 5) is 10.9. The molecule has 0 fully saturated rings. The first-order valence-corrected chi connectivity index (χ1v) is 14.8. The molecule has 28 heavy (non-hydrogen) atoms. The van der Waals surface area contributed by atoms with Crippen LogP contribution in [-0.4, -0.2) is 23.9 Å². The van der Waals surface area contributed by atoms with Gasteiger partial charge in [0.1, 0.15) is 0 Å². The Labute approximate surface area is 205 Å². The maximum absolute atomic E-state index is 10.9. The Balaban J connectivity index is 3.07. The van der Waals surface area contributed by atoms with Crippen LogP contribution in [0.4, 0.5) is 0 Å². The van der Waals surface area contributed by atoms with E-state index in [1.54, 1.807) is 0 Å². The number of carbonyl (C=O) groups excluding carboxylic acids is 1. The third kappa shape index (κ3) is 24.9. The molecular weight excluding hydrogens is 590 g/mol. The summed E-state index contributed by atoms with van der Waals surface area (Å²) in [6, 6.07) is 0. The number of esters is 1. The lowest BCUT2D eigenvalue weighted by Crippen LogP contribution is -2.08. The van der Waals surface area contributed by atoms with Crippen molar-refractivity contribution < 1.29 is 9.53 Å². The van der Waals surface area contributed by atoms with Gasteiger partial charge < -0.3 is 4.74 Å². The van der Waals surface area contributed by atoms with Gasteiger partial charge in [-0.25, -0.2) is 4.79 Å². The van der Waals surface area contributed by atoms with Gasteiger partial charge in [0.05, 0.1) is 7.66 Å². The number of rotatable bonds is 21. The monoisotopic (exact) mass is 634 g/mol. The lowest BCUT2D eigenvalue weighted by Gasteiger charge is -2.13. The van der Waals surface area contributed by atoms with Gasteiger partial charge in [0.2, 0.25) is 0 Å². The number of carbonyl (C=O) groups is 1. The van der Waals surface area contributed by atoms with Gasteiger partial charge in [0, 0.05) is 16.3 Å². The minimum atomic E-state index is -0.299. The summed E-state index contributed by atoms with van der Waals surface area (Å²) in [5, 5.41) is 0. The second-order valence-electron chi connectivity index (χ2n) is 8.20. The van der Waals surface area contributed by atoms with Crippen LogP contribution in [0.15, 0.2) is 12.7 Å². The third-order valence-corrected chi connectivity index (χ3v) is 6.75. The molecule has 0 amide bonds. The van der Waals surface area contributed by atoms with Crippen LogP contribution in [0.1, 0.15) is 116 Å². The number of unbranched alkanes of at least 4 members (excludes halogenated alkanes) is 16. The Kier molecular flexibility index (Phi) is 21.8. The van der Waals surface area contributed by atoms with E-state index in [9.17, 15) is 4.79 Å². The average molecular weight is 634 g/mol. The van der Waals surface area contributed by atoms with Crippen LogP contribution in [-0.2, 0) is 9.53 Å². The van der Waals surface area contributed by atoms with Crippen molar-refractivity contribution in [1.29, 1.82) is 0 Å². The van der Waals surface area contributed by atoms with Crippen LogP contribution >= 0.6 is 45.2 Å². The molecule has 0 spiro atoms. The first-order valence-electron chi connectivity index (χ1n) is 11.6. The number of alkyl halides is 2. The molecule has 0 bridgehead atoms. The zero-order valence-electron chi connectivity index (χ0n) is 18.3. The molecule has 0 saturated heterocycles. The second kappa shape index (κ2) is 21.1. The molecule has 0 atom stereocenters. The van der Waals surface area contributed by atoms with Gasteiger partial charge in [-0.15, -0.1) is 0 Å². The van der Waals surface area contributed by atoms with Crippen LogP contribution < -0.4 is 0 Å². The highest BCUT2D eigenvalue weighted by Crippen LogP contribution is 2.29. The minimum absolute atomic E-state index is 0.299. The molecule has 0 unspecified atom stereocenters. The summed E-state index contributed by atoms with van der Waals surface area (Å²) in [5.41, 5.74) is 0. The highest BCUT2D eigenvalue weighted by Gasteiger charge is 2.12. The zero-order valence-corrected chi connectivity index (χ0v) is 24.6. The zero-order chi connectivity index (χ0) is 20.9. The molecule has 0 aliphatic carbocycles. The van der Waals surface area contributed by atoms with Gasteiger partial charge >= 0.3 is 5.97 Å². The molecule has 0 aromatic rings. The van der Waals surface area contributed by atoms with Gasteiger partial charge in [0.15, 0.2) is 0 Å². The van der Waals surface area contributed by atoms with Crippen molar-refractivity contribution in [3.63, 3.8) is 0 Å². The molecule has 0 aromatic carbocycles. The van der Waals surface area contributed by atoms with E-state index in [0.717, 1.165) is 6.42 Å². The van der Waals surface area contributed by atoms with Crippen molar-refractivity contribution in [1.82, 2.24) is 0 Å². The highest BCUT2D eigenvalue weighted by molar-refractivity contribution is 14.2. The molecule has 0 heterocycles. The summed E-state index contributed by atoms with van der Waals surface area (Å²) >= 11 is 5.23. The molecule has 166 valence electrons. The Morgan fingerprint density at radius 3 is 1.36 bits per heavy atom. The first-order chi connectivity index (χ1) is 13.5. The lowest BCUT2D eigenvalue weighted by atomic mass is 10.0. The van der Waals surface area contributed by atoms with E-state index < -0.39 is 0 Å². The van der Waals surface area contributed by atoms with Gasteiger partial charge in [0.25, 0.3) is 0 Å². The van der Waals surface area contributed by atoms with E-state index in [-0.39, 0.29) is 5.97 Å². The van der Waals surface area contributed by atoms with Crippen molar-refractivity contribution >= 4 is 61.4 Å². The average Bonchev–Trinajstić information content (AvgIpc) is 2.65. The molecule has 0 N–H and O–H groups in total. The summed E-state index contributed by atoms with van der Waals surface area (Å²) in [6.07, 6.45) is 26.0. The molecule has 0 aromatic heterocycles. The van der Waals surface area contributed by atoms with Gasteiger partial charge in [-0.3, -0.25) is 0 Å². The third-order valence-electron chi connectivity index (χ3n) is 5.17. The maximum Gasteiger partial charge on any atom is 0.330 e. The SMILES string of the molecule is C=CC(=O)OCCCCCCCCCCCCCCCCCCCC([SiH3])(I)I. The summed E-state index contributed by atoms with van der Waals surface area (Å²) in [6.45, 7) is 3.94. The van der Waals surface area contributed by atoms with Crippen LogP contribution in [0.5, 0.6) is 0 Å². The number of ether oxygens (including phenoxy) is 1. The molecule has 2 nitrogen and oxygen atoms in total. The quantitative estimate of drug-likeness (QED) is 0.0324. The maximum atomic E-state index is 10.9. The fourth-order valence-electron chi connectivity index (χ4n) is 3.42. The van der Waals surface area contributed by atoms with Crippen LogP contribution in [0.25, 0.3) is 0 Å². The molecule has 0 radical (unpaired) electrons. The summed E-state index contributed by atoms with van der Waals surface area (Å²) < 4.78 is 5.57. The van der Waals surface area contributed by atoms with Crippen molar-refractivity contribution in [3.8, 4) is 0 Å². The first kappa shape index (κ1) is 28.9. The fourth-order valence-corrected chi connectivity index (χ4v) is 4.54. The van der Waals surface area contributed by atoms with E-state index in [1.165, 1.54) is 125 Å². The number of hydrogen-bond acceptors (Lipinski definition) is 2. The lowest BCUT2D eigenvalue weighted by molar-refractivity contribution is -0.137. The predicted octanol–water partition coefficient (Wildman–Crippen LogP) is 7.63. The molecule has 0 saturated carbocycles. The number of hydrogen-bond donors (Lipinski definition) is 0. The van der Waals surface area contributed by atoms with Crippen molar-refractivity contribution in [2.75, 3.05) is 6.61 Å². The summed E-state index contributed by atoms with van der Waals surface area (Å²) in [5.74, 6) is -0.299. The summed E-state index contributed by atoms with van der Waals surface area (Å²) in [7, 11) is 1.31. The van der Waals surface area contributed by atoms with E-state index in [2.05, 4.69) is 51.8 Å². The Hall–Kier alpha value is 0.887. The second-order valence-corrected chi connectivity index (χ2v) is 20.8. The van der Waals surface area contributed by atoms with Crippen LogP contribution in [0.2, 0.25) is 0 Å². The standard InChI is InChI=1S/C23H44I2O2Si/c1-2-22(26)27-21-19-17-15-13-11-9-7-5-3-4-6-8-10-12-14-16-18-20-23(24,25)28/h2H,1,3-21H2,28H3. The van der Waals surface area contributed by atoms with Crippen molar-refractivity contribution in [3.05, 3.63) is 12.7 Å². The number of halogens is 2. The minimum Gasteiger partial charge on any atom is -0.463 e. The van der Waals surface area contributed by atoms with E-state index in [4.69, 9.17) is 4.74 Å². The van der Waals surface area contributed by atoms with Crippen molar-refractivity contribution in [2.24, 2.45) is 0 Å². The van der Waals surface area contributed by atoms with E-state index >= 15 is 0 Å². The topological polar surface area (TPSA) is 26.3 Å². The van der Waals surface area contributed by atoms with Crippen LogP contribution in [0.3, 0.4) is 0 Å². The molecule has 0 aliphatic heterocycles. The normalized spacial score (nSPS) is 11.6. The van der Waals surface area contributed by atoms with E-state index in [0.29, 0.717) is 7.66 Å². The largest absolute Gasteiger partial charge is 0.463 e. The Bertz CT molecular complexity index is 370. The molecule has 0 aliphatic rings. The predicted molar refractivity (Wildman–Crippen MR) is 145 cm³/mol. The van der Waals surface area contributed by atoms with Crippen molar-refractivity contribution in [2.45, 2.75) is 117 Å². The molecular formula is C23H44I2O2Si. The fraction of sp³-hybridized carbons (Fsp3) is 0.870. The van der Waals surface area contributed by atoms with Gasteiger partial charge in [-0.2, -0.15) is 0 Å².